The van der Waals surface area contributed by atoms with Crippen LogP contribution in [-0.4, -0.2) is 22.8 Å². The van der Waals surface area contributed by atoms with E-state index >= 15 is 0 Å². The molecular weight excluding hydrogens is 396 g/mol. The second kappa shape index (κ2) is 7.03. The minimum absolute atomic E-state index is 0.0964. The molecule has 2 aliphatic rings. The Kier molecular flexibility index (Phi) is 4.25. The third-order valence-corrected chi connectivity index (χ3v) is 11.2. The van der Waals surface area contributed by atoms with Crippen LogP contribution in [0.4, 0.5) is 0 Å². The highest BCUT2D eigenvalue weighted by atomic mass is 28.4. The Bertz CT molecular complexity index is 1100. The van der Waals surface area contributed by atoms with Crippen molar-refractivity contribution in [2.75, 3.05) is 14.2 Å². The largest absolute Gasteiger partial charge is 0.397 e. The minimum Gasteiger partial charge on any atom is -0.397 e. The van der Waals surface area contributed by atoms with E-state index in [1.807, 2.05) is 14.2 Å². The lowest BCUT2D eigenvalue weighted by atomic mass is 10.1. The summed E-state index contributed by atoms with van der Waals surface area (Å²) in [6, 6.07) is 35.0. The molecule has 31 heavy (non-hydrogen) atoms. The molecule has 0 saturated heterocycles. The van der Waals surface area contributed by atoms with Gasteiger partial charge in [0.15, 0.2) is 0 Å². The van der Waals surface area contributed by atoms with Gasteiger partial charge in [0.05, 0.1) is 11.1 Å². The summed E-state index contributed by atoms with van der Waals surface area (Å²) < 4.78 is 13.2. The van der Waals surface area contributed by atoms with Crippen molar-refractivity contribution in [2.24, 2.45) is 0 Å². The van der Waals surface area contributed by atoms with E-state index in [1.165, 1.54) is 44.5 Å². The Morgan fingerprint density at radius 3 is 0.968 bits per heavy atom. The second-order valence-corrected chi connectivity index (χ2v) is 11.8. The summed E-state index contributed by atoms with van der Waals surface area (Å²) >= 11 is 0. The standard InChI is InChI=1S/C28H24O2Si/c1-29-31(30-2,27-23-15-7-3-11-19(23)20-12-4-8-16-24(20)27)28-25-17-9-5-13-21(25)22-14-6-10-18-26(22)28/h3-18,27-28H,1-2H3. The van der Waals surface area contributed by atoms with E-state index in [4.69, 9.17) is 8.85 Å². The van der Waals surface area contributed by atoms with Crippen LogP contribution in [0.5, 0.6) is 0 Å². The molecule has 152 valence electrons. The molecule has 0 fully saturated rings. The monoisotopic (exact) mass is 420 g/mol. The lowest BCUT2D eigenvalue weighted by molar-refractivity contribution is 0.228. The van der Waals surface area contributed by atoms with Crippen molar-refractivity contribution in [3.8, 4) is 22.3 Å². The molecule has 0 atom stereocenters. The highest BCUT2D eigenvalue weighted by Crippen LogP contribution is 2.57. The fraction of sp³-hybridized carbons (Fsp3) is 0.143. The van der Waals surface area contributed by atoms with Crippen molar-refractivity contribution < 1.29 is 8.85 Å². The van der Waals surface area contributed by atoms with Gasteiger partial charge in [0, 0.05) is 14.2 Å². The van der Waals surface area contributed by atoms with Crippen LogP contribution in [0, 0.1) is 0 Å². The highest BCUT2D eigenvalue weighted by Gasteiger charge is 2.58. The van der Waals surface area contributed by atoms with Gasteiger partial charge in [-0.2, -0.15) is 0 Å². The van der Waals surface area contributed by atoms with Gasteiger partial charge >= 0.3 is 8.56 Å². The maximum Gasteiger partial charge on any atom is 0.362 e. The van der Waals surface area contributed by atoms with Crippen molar-refractivity contribution in [3.63, 3.8) is 0 Å². The summed E-state index contributed by atoms with van der Waals surface area (Å²) in [4.78, 5) is 0. The fourth-order valence-corrected chi connectivity index (χ4v) is 10.1. The number of benzene rings is 4. The lowest BCUT2D eigenvalue weighted by Gasteiger charge is -2.39. The van der Waals surface area contributed by atoms with E-state index in [0.29, 0.717) is 0 Å². The molecule has 4 aromatic carbocycles. The lowest BCUT2D eigenvalue weighted by Crippen LogP contribution is -2.52. The average molecular weight is 421 g/mol. The van der Waals surface area contributed by atoms with Crippen LogP contribution in [0.3, 0.4) is 0 Å². The number of fused-ring (bicyclic) bond motifs is 6. The zero-order valence-electron chi connectivity index (χ0n) is 17.7. The number of hydrogen-bond acceptors (Lipinski definition) is 2. The number of rotatable bonds is 4. The van der Waals surface area contributed by atoms with E-state index in [2.05, 4.69) is 97.1 Å². The van der Waals surface area contributed by atoms with Gasteiger partial charge in [-0.15, -0.1) is 0 Å². The third kappa shape index (κ3) is 2.45. The molecule has 2 aliphatic carbocycles. The van der Waals surface area contributed by atoms with Gasteiger partial charge in [0.1, 0.15) is 0 Å². The Morgan fingerprint density at radius 2 is 0.710 bits per heavy atom. The molecule has 0 N–H and O–H groups in total. The van der Waals surface area contributed by atoms with Crippen molar-refractivity contribution in [3.05, 3.63) is 119 Å². The molecular formula is C28H24O2Si. The Labute approximate surface area is 184 Å². The predicted molar refractivity (Wildman–Crippen MR) is 127 cm³/mol. The summed E-state index contributed by atoms with van der Waals surface area (Å²) in [6.07, 6.45) is 0. The first-order chi connectivity index (χ1) is 15.3. The molecule has 4 aromatic rings. The van der Waals surface area contributed by atoms with Gasteiger partial charge in [-0.25, -0.2) is 0 Å². The molecule has 0 aromatic heterocycles. The minimum atomic E-state index is -2.88. The molecule has 2 nitrogen and oxygen atoms in total. The summed E-state index contributed by atoms with van der Waals surface area (Å²) in [5.74, 6) is 0. The SMILES string of the molecule is CO[Si](OC)(C1c2ccccc2-c2ccccc21)C1c2ccccc2-c2ccccc21. The van der Waals surface area contributed by atoms with Crippen molar-refractivity contribution in [1.29, 1.82) is 0 Å². The van der Waals surface area contributed by atoms with Crippen LogP contribution in [0.25, 0.3) is 22.3 Å². The first-order valence-electron chi connectivity index (χ1n) is 10.8. The molecule has 0 radical (unpaired) electrons. The van der Waals surface area contributed by atoms with Gasteiger partial charge < -0.3 is 8.85 Å². The molecule has 0 aliphatic heterocycles. The molecule has 0 spiro atoms. The van der Waals surface area contributed by atoms with Gasteiger partial charge in [-0.05, 0) is 44.5 Å². The summed E-state index contributed by atoms with van der Waals surface area (Å²) in [7, 11) is 0.818. The van der Waals surface area contributed by atoms with Crippen LogP contribution in [0.15, 0.2) is 97.1 Å². The molecule has 6 rings (SSSR count). The van der Waals surface area contributed by atoms with E-state index in [9.17, 15) is 0 Å². The normalized spacial score (nSPS) is 14.8. The van der Waals surface area contributed by atoms with E-state index < -0.39 is 8.56 Å². The molecule has 3 heteroatoms. The summed E-state index contributed by atoms with van der Waals surface area (Å²) in [5.41, 5.74) is 10.7. The molecule has 0 saturated carbocycles. The van der Waals surface area contributed by atoms with Crippen LogP contribution in [0.2, 0.25) is 0 Å². The second-order valence-electron chi connectivity index (χ2n) is 8.34. The number of hydrogen-bond donors (Lipinski definition) is 0. The van der Waals surface area contributed by atoms with E-state index in [-0.39, 0.29) is 11.1 Å². The predicted octanol–water partition coefficient (Wildman–Crippen LogP) is 6.42. The maximum absolute atomic E-state index is 6.60. The fourth-order valence-electron chi connectivity index (χ4n) is 5.90. The molecule has 0 unspecified atom stereocenters. The van der Waals surface area contributed by atoms with Crippen LogP contribution in [-0.2, 0) is 8.85 Å². The molecule has 0 bridgehead atoms. The Hall–Kier alpha value is -2.98. The molecule has 0 amide bonds. The molecule has 0 heterocycles. The van der Waals surface area contributed by atoms with Gasteiger partial charge in [-0.1, -0.05) is 97.1 Å². The third-order valence-electron chi connectivity index (χ3n) is 7.11. The zero-order valence-corrected chi connectivity index (χ0v) is 18.7. The quantitative estimate of drug-likeness (QED) is 0.354. The average Bonchev–Trinajstić information content (AvgIpc) is 3.36. The maximum atomic E-state index is 6.60. The van der Waals surface area contributed by atoms with Crippen LogP contribution >= 0.6 is 0 Å². The van der Waals surface area contributed by atoms with Crippen LogP contribution in [0.1, 0.15) is 33.3 Å². The first-order valence-corrected chi connectivity index (χ1v) is 12.7. The van der Waals surface area contributed by atoms with Gasteiger partial charge in [0.25, 0.3) is 0 Å². The summed E-state index contributed by atoms with van der Waals surface area (Å²) in [5, 5.41) is 0. The van der Waals surface area contributed by atoms with Crippen molar-refractivity contribution in [1.82, 2.24) is 0 Å². The van der Waals surface area contributed by atoms with Gasteiger partial charge in [0.2, 0.25) is 0 Å². The van der Waals surface area contributed by atoms with Crippen LogP contribution < -0.4 is 0 Å². The smallest absolute Gasteiger partial charge is 0.362 e. The van der Waals surface area contributed by atoms with E-state index in [1.54, 1.807) is 0 Å². The van der Waals surface area contributed by atoms with Crippen molar-refractivity contribution in [2.45, 2.75) is 11.1 Å². The summed E-state index contributed by atoms with van der Waals surface area (Å²) in [6.45, 7) is 0. The Balaban J connectivity index is 1.66. The zero-order chi connectivity index (χ0) is 21.0. The highest BCUT2D eigenvalue weighted by molar-refractivity contribution is 6.72. The van der Waals surface area contributed by atoms with Crippen molar-refractivity contribution >= 4 is 8.56 Å². The van der Waals surface area contributed by atoms with E-state index in [0.717, 1.165) is 0 Å². The first kappa shape index (κ1) is 18.8. The van der Waals surface area contributed by atoms with Gasteiger partial charge in [-0.3, -0.25) is 0 Å². The Morgan fingerprint density at radius 1 is 0.452 bits per heavy atom. The topological polar surface area (TPSA) is 18.5 Å².